The first kappa shape index (κ1) is 14.6. The molecule has 14 heavy (non-hydrogen) atoms. The first-order chi connectivity index (χ1) is 6.27. The molecule has 84 valence electrons. The van der Waals surface area contributed by atoms with Crippen LogP contribution in [0.2, 0.25) is 0 Å². The summed E-state index contributed by atoms with van der Waals surface area (Å²) in [5, 5.41) is 3.76. The van der Waals surface area contributed by atoms with Gasteiger partial charge in [-0.15, -0.1) is 17.0 Å². The highest BCUT2D eigenvalue weighted by atomic mass is 79.9. The monoisotopic (exact) mass is 329 g/mol. The summed E-state index contributed by atoms with van der Waals surface area (Å²) >= 11 is 3.17. The zero-order valence-electron chi connectivity index (χ0n) is 8.29. The predicted octanol–water partition coefficient (Wildman–Crippen LogP) is 1.69. The molecule has 1 rings (SSSR count). The Labute approximate surface area is 104 Å². The van der Waals surface area contributed by atoms with Gasteiger partial charge in [0.1, 0.15) is 5.78 Å². The minimum Gasteiger partial charge on any atom is -0.380 e. The van der Waals surface area contributed by atoms with Crippen LogP contribution in [0.4, 0.5) is 0 Å². The average molecular weight is 331 g/mol. The summed E-state index contributed by atoms with van der Waals surface area (Å²) in [7, 11) is 1.71. The largest absolute Gasteiger partial charge is 0.380 e. The third-order valence-electron chi connectivity index (χ3n) is 2.42. The van der Waals surface area contributed by atoms with Gasteiger partial charge in [0.15, 0.2) is 0 Å². The molecule has 0 saturated carbocycles. The van der Waals surface area contributed by atoms with Crippen LogP contribution in [0.25, 0.3) is 0 Å². The molecule has 1 aliphatic heterocycles. The maximum Gasteiger partial charge on any atom is 0.145 e. The number of hydrogen-bond acceptors (Lipinski definition) is 3. The number of hydrogen-bond donors (Lipinski definition) is 1. The first-order valence-electron chi connectivity index (χ1n) is 4.61. The Morgan fingerprint density at radius 3 is 2.93 bits per heavy atom. The highest BCUT2D eigenvalue weighted by molar-refractivity contribution is 9.09. The molecule has 0 spiro atoms. The molecule has 1 N–H and O–H groups in total. The molecule has 1 heterocycles. The minimum absolute atomic E-state index is 0. The Hall–Kier alpha value is 0.550. The molecule has 0 amide bonds. The SMILES string of the molecule is Br.CO[C@@H]1CCCN[C@@H]1CC(=O)CBr. The molecule has 0 radical (unpaired) electrons. The molecule has 0 aromatic heterocycles. The van der Waals surface area contributed by atoms with Crippen molar-refractivity contribution >= 4 is 38.7 Å². The summed E-state index contributed by atoms with van der Waals surface area (Å²) in [4.78, 5) is 11.2. The number of halogens is 2. The van der Waals surface area contributed by atoms with Crippen LogP contribution in [0.5, 0.6) is 0 Å². The van der Waals surface area contributed by atoms with E-state index in [1.807, 2.05) is 0 Å². The third kappa shape index (κ3) is 4.38. The molecule has 0 aromatic rings. The van der Waals surface area contributed by atoms with Crippen LogP contribution in [-0.4, -0.2) is 36.9 Å². The molecule has 0 aliphatic carbocycles. The number of alkyl halides is 1. The molecule has 1 fully saturated rings. The number of ketones is 1. The van der Waals surface area contributed by atoms with Crippen LogP contribution in [0, 0.1) is 0 Å². The van der Waals surface area contributed by atoms with E-state index in [0.29, 0.717) is 11.8 Å². The lowest BCUT2D eigenvalue weighted by molar-refractivity contribution is -0.118. The molecule has 5 heteroatoms. The number of ether oxygens (including phenoxy) is 1. The molecule has 2 atom stereocenters. The van der Waals surface area contributed by atoms with Crippen LogP contribution in [0.15, 0.2) is 0 Å². The lowest BCUT2D eigenvalue weighted by Gasteiger charge is -2.30. The van der Waals surface area contributed by atoms with E-state index in [-0.39, 0.29) is 34.9 Å². The molecule has 0 aromatic carbocycles. The summed E-state index contributed by atoms with van der Waals surface area (Å²) in [5.74, 6) is 0.237. The Kier molecular flexibility index (Phi) is 8.10. The van der Waals surface area contributed by atoms with Crippen molar-refractivity contribution in [2.75, 3.05) is 19.0 Å². The van der Waals surface area contributed by atoms with E-state index in [0.717, 1.165) is 19.4 Å². The summed E-state index contributed by atoms with van der Waals surface area (Å²) in [6, 6.07) is 0.212. The second kappa shape index (κ2) is 7.79. The molecular weight excluding hydrogens is 314 g/mol. The van der Waals surface area contributed by atoms with Gasteiger partial charge in [0.25, 0.3) is 0 Å². The molecule has 3 nitrogen and oxygen atoms in total. The topological polar surface area (TPSA) is 38.3 Å². The van der Waals surface area contributed by atoms with Crippen LogP contribution >= 0.6 is 32.9 Å². The fourth-order valence-corrected chi connectivity index (χ4v) is 1.94. The van der Waals surface area contributed by atoms with E-state index >= 15 is 0 Å². The van der Waals surface area contributed by atoms with Crippen LogP contribution < -0.4 is 5.32 Å². The van der Waals surface area contributed by atoms with Crippen molar-refractivity contribution in [2.24, 2.45) is 0 Å². The van der Waals surface area contributed by atoms with Crippen LogP contribution in [0.1, 0.15) is 19.3 Å². The Bertz CT molecular complexity index is 178. The van der Waals surface area contributed by atoms with E-state index in [1.165, 1.54) is 0 Å². The fourth-order valence-electron chi connectivity index (χ4n) is 1.71. The number of nitrogens with one attached hydrogen (secondary N) is 1. The number of carbonyl (C=O) groups is 1. The van der Waals surface area contributed by atoms with Gasteiger partial charge in [-0.05, 0) is 19.4 Å². The van der Waals surface area contributed by atoms with Crippen molar-refractivity contribution in [1.29, 1.82) is 0 Å². The second-order valence-electron chi connectivity index (χ2n) is 3.35. The van der Waals surface area contributed by atoms with E-state index < -0.39 is 0 Å². The zero-order valence-corrected chi connectivity index (χ0v) is 11.6. The van der Waals surface area contributed by atoms with Gasteiger partial charge in [-0.1, -0.05) is 15.9 Å². The van der Waals surface area contributed by atoms with Crippen molar-refractivity contribution in [1.82, 2.24) is 5.32 Å². The molecule has 1 saturated heterocycles. The lowest BCUT2D eigenvalue weighted by Crippen LogP contribution is -2.46. The molecule has 0 bridgehead atoms. The highest BCUT2D eigenvalue weighted by Gasteiger charge is 2.25. The van der Waals surface area contributed by atoms with Crippen LogP contribution in [-0.2, 0) is 9.53 Å². The van der Waals surface area contributed by atoms with E-state index in [9.17, 15) is 4.79 Å². The number of rotatable bonds is 4. The van der Waals surface area contributed by atoms with Gasteiger partial charge in [0, 0.05) is 19.6 Å². The quantitative estimate of drug-likeness (QED) is 0.797. The van der Waals surface area contributed by atoms with Crippen molar-refractivity contribution in [2.45, 2.75) is 31.4 Å². The number of carbonyl (C=O) groups excluding carboxylic acids is 1. The number of piperidine rings is 1. The normalized spacial score (nSPS) is 26.7. The van der Waals surface area contributed by atoms with Crippen LogP contribution in [0.3, 0.4) is 0 Å². The standard InChI is InChI=1S/C9H16BrNO2.BrH/c1-13-9-3-2-4-11-8(9)5-7(12)6-10;/h8-9,11H,2-6H2,1H3;1H/t8-,9-;/m1./s1. The predicted molar refractivity (Wildman–Crippen MR) is 65.6 cm³/mol. The van der Waals surface area contributed by atoms with Crippen molar-refractivity contribution in [3.8, 4) is 0 Å². The third-order valence-corrected chi connectivity index (χ3v) is 3.05. The van der Waals surface area contributed by atoms with E-state index in [1.54, 1.807) is 7.11 Å². The molecular formula is C9H17Br2NO2. The Morgan fingerprint density at radius 1 is 1.64 bits per heavy atom. The average Bonchev–Trinajstić information content (AvgIpc) is 2.18. The molecule has 1 aliphatic rings. The fraction of sp³-hybridized carbons (Fsp3) is 0.889. The number of Topliss-reactive ketones (excluding diaryl/α,β-unsaturated/α-hetero) is 1. The first-order valence-corrected chi connectivity index (χ1v) is 5.74. The van der Waals surface area contributed by atoms with E-state index in [2.05, 4.69) is 21.2 Å². The van der Waals surface area contributed by atoms with Gasteiger partial charge < -0.3 is 10.1 Å². The number of methoxy groups -OCH3 is 1. The zero-order chi connectivity index (χ0) is 9.68. The minimum atomic E-state index is 0. The molecule has 0 unspecified atom stereocenters. The van der Waals surface area contributed by atoms with Crippen molar-refractivity contribution in [3.05, 3.63) is 0 Å². The van der Waals surface area contributed by atoms with Gasteiger partial charge in [0.05, 0.1) is 11.4 Å². The maximum absolute atomic E-state index is 11.2. The summed E-state index contributed by atoms with van der Waals surface area (Å²) < 4.78 is 5.32. The van der Waals surface area contributed by atoms with Gasteiger partial charge in [0.2, 0.25) is 0 Å². The summed E-state index contributed by atoms with van der Waals surface area (Å²) in [6.45, 7) is 1.00. The highest BCUT2D eigenvalue weighted by Crippen LogP contribution is 2.14. The van der Waals surface area contributed by atoms with Gasteiger partial charge >= 0.3 is 0 Å². The van der Waals surface area contributed by atoms with Gasteiger partial charge in [-0.25, -0.2) is 0 Å². The Balaban J connectivity index is 0.00000169. The summed E-state index contributed by atoms with van der Waals surface area (Å²) in [5.41, 5.74) is 0. The van der Waals surface area contributed by atoms with Gasteiger partial charge in [-0.3, -0.25) is 4.79 Å². The van der Waals surface area contributed by atoms with E-state index in [4.69, 9.17) is 4.74 Å². The second-order valence-corrected chi connectivity index (χ2v) is 3.91. The van der Waals surface area contributed by atoms with Crippen molar-refractivity contribution in [3.63, 3.8) is 0 Å². The van der Waals surface area contributed by atoms with Crippen molar-refractivity contribution < 1.29 is 9.53 Å². The van der Waals surface area contributed by atoms with Gasteiger partial charge in [-0.2, -0.15) is 0 Å². The smallest absolute Gasteiger partial charge is 0.145 e. The summed E-state index contributed by atoms with van der Waals surface area (Å²) in [6.07, 6.45) is 2.97. The maximum atomic E-state index is 11.2. The Morgan fingerprint density at radius 2 is 2.36 bits per heavy atom. The lowest BCUT2D eigenvalue weighted by atomic mass is 9.97.